The van der Waals surface area contributed by atoms with Crippen LogP contribution < -0.4 is 0 Å². The highest BCUT2D eigenvalue weighted by atomic mass is 32.2. The second-order valence-corrected chi connectivity index (χ2v) is 7.70. The fourth-order valence-corrected chi connectivity index (χ4v) is 2.08. The normalized spacial score (nSPS) is 15.8. The number of rotatable bonds is 13. The van der Waals surface area contributed by atoms with Crippen molar-refractivity contribution in [1.82, 2.24) is 10.5 Å². The molecule has 2 atom stereocenters. The minimum Gasteiger partial charge on any atom is -0.388 e. The molecule has 14 heteroatoms. The lowest BCUT2D eigenvalue weighted by molar-refractivity contribution is -0.336. The third-order valence-electron chi connectivity index (χ3n) is 2.18. The van der Waals surface area contributed by atoms with E-state index >= 15 is 0 Å². The molecule has 0 aromatic heterocycles. The molecule has 0 saturated carbocycles. The minimum atomic E-state index is -3.79. The third-order valence-corrected chi connectivity index (χ3v) is 3.05. The number of aliphatic hydroxyl groups is 2. The average Bonchev–Trinajstić information content (AvgIpc) is 2.44. The standard InChI is InChI=1S/C10H24N2O10S2/c1-5-11(21-23(3,15)16)19-7-9(13)10(14)8-20-12(6-2)22-24(4,17)18/h9-10,13-14H,5-8H2,1-4H3/t9-,10+. The van der Waals surface area contributed by atoms with Crippen LogP contribution in [0.1, 0.15) is 13.8 Å². The molecule has 0 aliphatic rings. The molecule has 0 amide bonds. The van der Waals surface area contributed by atoms with Gasteiger partial charge in [-0.15, -0.1) is 0 Å². The zero-order valence-electron chi connectivity index (χ0n) is 13.9. The van der Waals surface area contributed by atoms with Gasteiger partial charge >= 0.3 is 0 Å². The summed E-state index contributed by atoms with van der Waals surface area (Å²) < 4.78 is 52.7. The van der Waals surface area contributed by atoms with Crippen LogP contribution in [-0.2, 0) is 38.5 Å². The predicted molar refractivity (Wildman–Crippen MR) is 80.5 cm³/mol. The van der Waals surface area contributed by atoms with Crippen molar-refractivity contribution in [3.63, 3.8) is 0 Å². The molecule has 146 valence electrons. The number of nitrogens with zero attached hydrogens (tertiary/aromatic N) is 2. The van der Waals surface area contributed by atoms with E-state index in [1.54, 1.807) is 13.8 Å². The zero-order chi connectivity index (χ0) is 19.0. The third kappa shape index (κ3) is 12.0. The van der Waals surface area contributed by atoms with Crippen LogP contribution in [0.2, 0.25) is 0 Å². The van der Waals surface area contributed by atoms with E-state index in [-0.39, 0.29) is 13.1 Å². The van der Waals surface area contributed by atoms with Gasteiger partial charge in [0, 0.05) is 0 Å². The molecule has 0 heterocycles. The Morgan fingerprint density at radius 3 is 1.29 bits per heavy atom. The van der Waals surface area contributed by atoms with Crippen LogP contribution in [0.3, 0.4) is 0 Å². The van der Waals surface area contributed by atoms with Crippen molar-refractivity contribution in [2.24, 2.45) is 0 Å². The molecule has 0 bridgehead atoms. The van der Waals surface area contributed by atoms with Crippen LogP contribution in [0.25, 0.3) is 0 Å². The van der Waals surface area contributed by atoms with Gasteiger partial charge in [0.05, 0.1) is 38.8 Å². The Morgan fingerprint density at radius 1 is 0.792 bits per heavy atom. The smallest absolute Gasteiger partial charge is 0.282 e. The van der Waals surface area contributed by atoms with E-state index in [9.17, 15) is 27.0 Å². The minimum absolute atomic E-state index is 0.0399. The Labute approximate surface area is 141 Å². The van der Waals surface area contributed by atoms with Crippen LogP contribution in [0.15, 0.2) is 0 Å². The van der Waals surface area contributed by atoms with Gasteiger partial charge in [0.2, 0.25) is 0 Å². The van der Waals surface area contributed by atoms with Crippen LogP contribution in [0, 0.1) is 0 Å². The van der Waals surface area contributed by atoms with Crippen molar-refractivity contribution in [2.75, 3.05) is 38.8 Å². The summed E-state index contributed by atoms with van der Waals surface area (Å²) in [5, 5.41) is 20.7. The van der Waals surface area contributed by atoms with E-state index in [4.69, 9.17) is 9.68 Å². The maximum absolute atomic E-state index is 11.0. The summed E-state index contributed by atoms with van der Waals surface area (Å²) in [6.07, 6.45) is -1.28. The first kappa shape index (κ1) is 23.6. The lowest BCUT2D eigenvalue weighted by Gasteiger charge is -2.23. The predicted octanol–water partition coefficient (Wildman–Crippen LogP) is -2.00. The molecule has 0 rings (SSSR count). The molecule has 0 aliphatic carbocycles. The van der Waals surface area contributed by atoms with Crippen LogP contribution in [0.4, 0.5) is 0 Å². The molecule has 0 aliphatic heterocycles. The summed E-state index contributed by atoms with van der Waals surface area (Å²) >= 11 is 0. The lowest BCUT2D eigenvalue weighted by Crippen LogP contribution is -2.40. The van der Waals surface area contributed by atoms with Gasteiger partial charge in [-0.1, -0.05) is 0 Å². The zero-order valence-corrected chi connectivity index (χ0v) is 15.5. The van der Waals surface area contributed by atoms with Crippen molar-refractivity contribution in [3.05, 3.63) is 0 Å². The van der Waals surface area contributed by atoms with Crippen molar-refractivity contribution < 1.29 is 45.3 Å². The first-order chi connectivity index (χ1) is 10.9. The van der Waals surface area contributed by atoms with Crippen molar-refractivity contribution >= 4 is 20.2 Å². The number of hydrogen-bond acceptors (Lipinski definition) is 12. The molecule has 0 radical (unpaired) electrons. The average molecular weight is 396 g/mol. The van der Waals surface area contributed by atoms with E-state index in [2.05, 4.69) is 8.57 Å². The summed E-state index contributed by atoms with van der Waals surface area (Å²) in [5.41, 5.74) is 0. The molecular weight excluding hydrogens is 372 g/mol. The highest BCUT2D eigenvalue weighted by Crippen LogP contribution is 2.04. The van der Waals surface area contributed by atoms with Gasteiger partial charge in [0.15, 0.2) is 0 Å². The van der Waals surface area contributed by atoms with Crippen molar-refractivity contribution in [2.45, 2.75) is 26.1 Å². The Kier molecular flexibility index (Phi) is 10.4. The number of hydroxylamine groups is 4. The monoisotopic (exact) mass is 396 g/mol. The number of hydrogen-bond donors (Lipinski definition) is 2. The summed E-state index contributed by atoms with van der Waals surface area (Å²) in [6.45, 7) is 2.17. The van der Waals surface area contributed by atoms with Gasteiger partial charge in [-0.2, -0.15) is 25.4 Å². The lowest BCUT2D eigenvalue weighted by atomic mass is 10.2. The first-order valence-electron chi connectivity index (χ1n) is 6.84. The molecule has 0 spiro atoms. The van der Waals surface area contributed by atoms with E-state index < -0.39 is 45.7 Å². The quantitative estimate of drug-likeness (QED) is 0.331. The fourth-order valence-electron chi connectivity index (χ4n) is 1.17. The van der Waals surface area contributed by atoms with Gasteiger partial charge in [0.1, 0.15) is 12.2 Å². The summed E-state index contributed by atoms with van der Waals surface area (Å²) in [5.74, 6) is 0. The van der Waals surface area contributed by atoms with Gasteiger partial charge in [-0.25, -0.2) is 0 Å². The summed E-state index contributed by atoms with van der Waals surface area (Å²) in [4.78, 5) is 9.78. The van der Waals surface area contributed by atoms with Crippen molar-refractivity contribution in [1.29, 1.82) is 0 Å². The molecule has 12 nitrogen and oxygen atoms in total. The molecular formula is C10H24N2O10S2. The summed E-state index contributed by atoms with van der Waals surface area (Å²) in [6, 6.07) is 0. The molecule has 2 N–H and O–H groups in total. The Hall–Kier alpha value is -0.420. The largest absolute Gasteiger partial charge is 0.388 e. The second kappa shape index (κ2) is 10.5. The van der Waals surface area contributed by atoms with E-state index in [1.807, 2.05) is 0 Å². The van der Waals surface area contributed by atoms with Crippen LogP contribution >= 0.6 is 0 Å². The Morgan fingerprint density at radius 2 is 1.08 bits per heavy atom. The maximum atomic E-state index is 11.0. The second-order valence-electron chi connectivity index (χ2n) is 4.58. The molecule has 0 saturated heterocycles. The summed E-state index contributed by atoms with van der Waals surface area (Å²) in [7, 11) is -7.59. The van der Waals surface area contributed by atoms with Gasteiger partial charge < -0.3 is 10.2 Å². The van der Waals surface area contributed by atoms with Crippen molar-refractivity contribution in [3.8, 4) is 0 Å². The Bertz CT molecular complexity index is 502. The van der Waals surface area contributed by atoms with Crippen LogP contribution in [-0.4, -0.2) is 88.5 Å². The fraction of sp³-hybridized carbons (Fsp3) is 1.00. The topological polar surface area (TPSA) is 152 Å². The van der Waals surface area contributed by atoms with E-state index in [0.717, 1.165) is 12.5 Å². The maximum Gasteiger partial charge on any atom is 0.282 e. The Balaban J connectivity index is 4.33. The SMILES string of the molecule is CCN(OC[C@@H](O)[C@@H](O)CON(CC)OS(C)(=O)=O)OS(C)(=O)=O. The molecule has 0 aromatic rings. The van der Waals surface area contributed by atoms with E-state index in [1.165, 1.54) is 0 Å². The highest BCUT2D eigenvalue weighted by Gasteiger charge is 2.22. The number of aliphatic hydroxyl groups excluding tert-OH is 2. The van der Waals surface area contributed by atoms with Gasteiger partial charge in [0.25, 0.3) is 20.2 Å². The van der Waals surface area contributed by atoms with Crippen LogP contribution in [0.5, 0.6) is 0 Å². The molecule has 0 unspecified atom stereocenters. The molecule has 24 heavy (non-hydrogen) atoms. The van der Waals surface area contributed by atoms with Gasteiger partial charge in [-0.3, -0.25) is 9.68 Å². The molecule has 0 aromatic carbocycles. The van der Waals surface area contributed by atoms with Gasteiger partial charge in [-0.05, 0) is 24.3 Å². The first-order valence-corrected chi connectivity index (χ1v) is 10.5. The highest BCUT2D eigenvalue weighted by molar-refractivity contribution is 7.86. The van der Waals surface area contributed by atoms with E-state index in [0.29, 0.717) is 10.5 Å². The molecule has 0 fully saturated rings.